The maximum atomic E-state index is 11.5. The molecule has 0 amide bonds. The normalized spacial score (nSPS) is 10.4. The van der Waals surface area contributed by atoms with Gasteiger partial charge in [0, 0.05) is 10.3 Å². The first kappa shape index (κ1) is 14.1. The Hall–Kier alpha value is -1.33. The van der Waals surface area contributed by atoms with Gasteiger partial charge in [0.15, 0.2) is 5.69 Å². The van der Waals surface area contributed by atoms with Gasteiger partial charge in [0.25, 0.3) is 0 Å². The van der Waals surface area contributed by atoms with Crippen LogP contribution in [-0.4, -0.2) is 17.6 Å². The summed E-state index contributed by atoms with van der Waals surface area (Å²) in [6, 6.07) is 8.25. The van der Waals surface area contributed by atoms with Crippen LogP contribution in [0.3, 0.4) is 0 Å². The summed E-state index contributed by atoms with van der Waals surface area (Å²) >= 11 is 3.23. The standard InChI is InChI=1S/C14H15NO2S2/c1-3-17-14(16)11-8-19-13(15-11)9-18-12-7-5-4-6-10(12)2/h4-8H,3,9H2,1-2H3. The number of ether oxygens (including phenoxy) is 1. The quantitative estimate of drug-likeness (QED) is 0.618. The molecule has 2 rings (SSSR count). The number of thioether (sulfide) groups is 1. The van der Waals surface area contributed by atoms with E-state index in [4.69, 9.17) is 4.74 Å². The van der Waals surface area contributed by atoms with Crippen LogP contribution in [0.5, 0.6) is 0 Å². The Morgan fingerprint density at radius 3 is 2.95 bits per heavy atom. The fourth-order valence-electron chi connectivity index (χ4n) is 1.53. The summed E-state index contributed by atoms with van der Waals surface area (Å²) in [4.78, 5) is 17.0. The van der Waals surface area contributed by atoms with E-state index in [1.165, 1.54) is 21.8 Å². The van der Waals surface area contributed by atoms with Gasteiger partial charge in [0.1, 0.15) is 5.01 Å². The summed E-state index contributed by atoms with van der Waals surface area (Å²) in [7, 11) is 0. The molecule has 19 heavy (non-hydrogen) atoms. The fourth-order valence-corrected chi connectivity index (χ4v) is 3.34. The maximum Gasteiger partial charge on any atom is 0.357 e. The molecule has 5 heteroatoms. The lowest BCUT2D eigenvalue weighted by atomic mass is 10.2. The van der Waals surface area contributed by atoms with E-state index >= 15 is 0 Å². The number of thiazole rings is 1. The number of esters is 1. The minimum Gasteiger partial charge on any atom is -0.461 e. The number of carbonyl (C=O) groups is 1. The SMILES string of the molecule is CCOC(=O)c1csc(CSc2ccccc2C)n1. The van der Waals surface area contributed by atoms with Crippen molar-refractivity contribution in [2.24, 2.45) is 0 Å². The molecular formula is C14H15NO2S2. The smallest absolute Gasteiger partial charge is 0.357 e. The van der Waals surface area contributed by atoms with Crippen LogP contribution >= 0.6 is 23.1 Å². The summed E-state index contributed by atoms with van der Waals surface area (Å²) in [5.74, 6) is 0.431. The molecule has 0 aliphatic rings. The van der Waals surface area contributed by atoms with Crippen LogP contribution in [-0.2, 0) is 10.5 Å². The third-order valence-electron chi connectivity index (χ3n) is 2.48. The number of hydrogen-bond donors (Lipinski definition) is 0. The second-order valence-electron chi connectivity index (χ2n) is 3.90. The van der Waals surface area contributed by atoms with Crippen molar-refractivity contribution in [3.05, 3.63) is 45.9 Å². The average molecular weight is 293 g/mol. The minimum absolute atomic E-state index is 0.342. The molecule has 0 N–H and O–H groups in total. The molecule has 0 saturated carbocycles. The molecule has 0 unspecified atom stereocenters. The van der Waals surface area contributed by atoms with Crippen LogP contribution in [0.4, 0.5) is 0 Å². The number of aromatic nitrogens is 1. The number of hydrogen-bond acceptors (Lipinski definition) is 5. The first-order valence-electron chi connectivity index (χ1n) is 6.00. The third kappa shape index (κ3) is 3.81. The Morgan fingerprint density at radius 1 is 1.42 bits per heavy atom. The van der Waals surface area contributed by atoms with Gasteiger partial charge >= 0.3 is 5.97 Å². The summed E-state index contributed by atoms with van der Waals surface area (Å²) in [6.45, 7) is 4.26. The second kappa shape index (κ2) is 6.73. The van der Waals surface area contributed by atoms with Crippen molar-refractivity contribution in [2.75, 3.05) is 6.61 Å². The van der Waals surface area contributed by atoms with Crippen LogP contribution in [0.15, 0.2) is 34.5 Å². The first-order valence-corrected chi connectivity index (χ1v) is 7.87. The maximum absolute atomic E-state index is 11.5. The molecule has 0 bridgehead atoms. The highest BCUT2D eigenvalue weighted by Gasteiger charge is 2.11. The Labute approximate surface area is 121 Å². The molecule has 3 nitrogen and oxygen atoms in total. The van der Waals surface area contributed by atoms with E-state index in [2.05, 4.69) is 24.0 Å². The number of carbonyl (C=O) groups excluding carboxylic acids is 1. The van der Waals surface area contributed by atoms with Gasteiger partial charge < -0.3 is 4.74 Å². The highest BCUT2D eigenvalue weighted by atomic mass is 32.2. The minimum atomic E-state index is -0.342. The number of aryl methyl sites for hydroxylation is 1. The number of benzene rings is 1. The molecule has 0 aliphatic heterocycles. The van der Waals surface area contributed by atoms with Crippen molar-refractivity contribution in [1.29, 1.82) is 0 Å². The van der Waals surface area contributed by atoms with Gasteiger partial charge in [0.05, 0.1) is 12.4 Å². The van der Waals surface area contributed by atoms with Gasteiger partial charge in [-0.05, 0) is 25.5 Å². The zero-order valence-corrected chi connectivity index (χ0v) is 12.5. The molecule has 0 atom stereocenters. The molecule has 0 spiro atoms. The topological polar surface area (TPSA) is 39.2 Å². The molecule has 1 heterocycles. The predicted molar refractivity (Wildman–Crippen MR) is 78.8 cm³/mol. The van der Waals surface area contributed by atoms with Crippen molar-refractivity contribution < 1.29 is 9.53 Å². The average Bonchev–Trinajstić information content (AvgIpc) is 2.87. The molecule has 0 saturated heterocycles. The van der Waals surface area contributed by atoms with Crippen molar-refractivity contribution >= 4 is 29.1 Å². The largest absolute Gasteiger partial charge is 0.461 e. The molecular weight excluding hydrogens is 278 g/mol. The van der Waals surface area contributed by atoms with Crippen molar-refractivity contribution in [3.8, 4) is 0 Å². The zero-order chi connectivity index (χ0) is 13.7. The van der Waals surface area contributed by atoms with Gasteiger partial charge in [-0.15, -0.1) is 23.1 Å². The third-order valence-corrected chi connectivity index (χ3v) is 4.70. The van der Waals surface area contributed by atoms with Gasteiger partial charge in [-0.25, -0.2) is 9.78 Å². The van der Waals surface area contributed by atoms with E-state index in [0.717, 1.165) is 10.8 Å². The lowest BCUT2D eigenvalue weighted by molar-refractivity contribution is 0.0520. The van der Waals surface area contributed by atoms with Crippen LogP contribution < -0.4 is 0 Å². The van der Waals surface area contributed by atoms with Crippen molar-refractivity contribution in [2.45, 2.75) is 24.5 Å². The van der Waals surface area contributed by atoms with Crippen molar-refractivity contribution in [3.63, 3.8) is 0 Å². The van der Waals surface area contributed by atoms with E-state index in [1.54, 1.807) is 24.1 Å². The number of nitrogens with zero attached hydrogens (tertiary/aromatic N) is 1. The fraction of sp³-hybridized carbons (Fsp3) is 0.286. The van der Waals surface area contributed by atoms with Gasteiger partial charge in [-0.2, -0.15) is 0 Å². The highest BCUT2D eigenvalue weighted by molar-refractivity contribution is 7.98. The van der Waals surface area contributed by atoms with Crippen LogP contribution in [0.2, 0.25) is 0 Å². The predicted octanol–water partition coefficient (Wildman–Crippen LogP) is 3.92. The number of rotatable bonds is 5. The summed E-state index contributed by atoms with van der Waals surface area (Å²) < 4.78 is 4.92. The van der Waals surface area contributed by atoms with E-state index in [1.807, 2.05) is 12.1 Å². The summed E-state index contributed by atoms with van der Waals surface area (Å²) in [6.07, 6.45) is 0. The molecule has 0 fully saturated rings. The van der Waals surface area contributed by atoms with E-state index in [9.17, 15) is 4.79 Å². The van der Waals surface area contributed by atoms with Gasteiger partial charge in [-0.3, -0.25) is 0 Å². The Kier molecular flexibility index (Phi) is 4.99. The lowest BCUT2D eigenvalue weighted by Gasteiger charge is -2.02. The Balaban J connectivity index is 1.97. The molecule has 2 aromatic rings. The van der Waals surface area contributed by atoms with Gasteiger partial charge in [0.2, 0.25) is 0 Å². The van der Waals surface area contributed by atoms with Crippen LogP contribution in [0.25, 0.3) is 0 Å². The highest BCUT2D eigenvalue weighted by Crippen LogP contribution is 2.27. The molecule has 1 aromatic carbocycles. The van der Waals surface area contributed by atoms with Crippen molar-refractivity contribution in [1.82, 2.24) is 4.98 Å². The van der Waals surface area contributed by atoms with E-state index < -0.39 is 0 Å². The summed E-state index contributed by atoms with van der Waals surface area (Å²) in [5.41, 5.74) is 1.67. The Morgan fingerprint density at radius 2 is 2.21 bits per heavy atom. The first-order chi connectivity index (χ1) is 9.20. The van der Waals surface area contributed by atoms with Crippen LogP contribution in [0.1, 0.15) is 28.0 Å². The van der Waals surface area contributed by atoms with Crippen LogP contribution in [0, 0.1) is 6.92 Å². The van der Waals surface area contributed by atoms with E-state index in [-0.39, 0.29) is 5.97 Å². The van der Waals surface area contributed by atoms with Gasteiger partial charge in [-0.1, -0.05) is 18.2 Å². The monoisotopic (exact) mass is 293 g/mol. The molecule has 1 aromatic heterocycles. The van der Waals surface area contributed by atoms with E-state index in [0.29, 0.717) is 12.3 Å². The summed E-state index contributed by atoms with van der Waals surface area (Å²) in [5, 5.41) is 2.70. The zero-order valence-electron chi connectivity index (χ0n) is 10.9. The lowest BCUT2D eigenvalue weighted by Crippen LogP contribution is -2.04. The second-order valence-corrected chi connectivity index (χ2v) is 5.86. The Bertz CT molecular complexity index is 566. The molecule has 0 radical (unpaired) electrons. The molecule has 0 aliphatic carbocycles. The molecule has 100 valence electrons.